The lowest BCUT2D eigenvalue weighted by Gasteiger charge is -2.23. The number of nitrogens with two attached hydrogens (primary N) is 1. The summed E-state index contributed by atoms with van der Waals surface area (Å²) in [5.41, 5.74) is 5.45. The molecule has 26 heavy (non-hydrogen) atoms. The first-order valence-electron chi connectivity index (χ1n) is 7.77. The molecule has 0 aliphatic carbocycles. The number of amides is 3. The van der Waals surface area contributed by atoms with Crippen LogP contribution in [0.4, 0.5) is 0 Å². The van der Waals surface area contributed by atoms with Crippen molar-refractivity contribution in [2.24, 2.45) is 5.73 Å². The van der Waals surface area contributed by atoms with E-state index >= 15 is 0 Å². The number of carbonyl (C=O) groups excluding carboxylic acids is 3. The predicted octanol–water partition coefficient (Wildman–Crippen LogP) is -3.39. The highest BCUT2D eigenvalue weighted by Gasteiger charge is 2.28. The minimum Gasteiger partial charge on any atom is -0.480 e. The summed E-state index contributed by atoms with van der Waals surface area (Å²) in [4.78, 5) is 46.6. The van der Waals surface area contributed by atoms with Gasteiger partial charge in [0.15, 0.2) is 0 Å². The number of carbonyl (C=O) groups is 4. The highest BCUT2D eigenvalue weighted by molar-refractivity contribution is 7.98. The Labute approximate surface area is 155 Å². The predicted molar refractivity (Wildman–Crippen MR) is 94.2 cm³/mol. The van der Waals surface area contributed by atoms with Gasteiger partial charge in [-0.1, -0.05) is 0 Å². The van der Waals surface area contributed by atoms with Crippen molar-refractivity contribution in [3.05, 3.63) is 0 Å². The van der Waals surface area contributed by atoms with Gasteiger partial charge in [-0.3, -0.25) is 19.2 Å². The summed E-state index contributed by atoms with van der Waals surface area (Å²) in [5.74, 6) is -3.10. The van der Waals surface area contributed by atoms with Crippen LogP contribution < -0.4 is 21.7 Å². The van der Waals surface area contributed by atoms with Crippen molar-refractivity contribution < 1.29 is 34.5 Å². The van der Waals surface area contributed by atoms with Crippen LogP contribution in [0.3, 0.4) is 0 Å². The summed E-state index contributed by atoms with van der Waals surface area (Å²) >= 11 is 1.42. The first kappa shape index (κ1) is 24.1. The second-order valence-electron chi connectivity index (χ2n) is 5.46. The Morgan fingerprint density at radius 1 is 1.08 bits per heavy atom. The zero-order valence-corrected chi connectivity index (χ0v) is 15.4. The van der Waals surface area contributed by atoms with Crippen LogP contribution in [0.1, 0.15) is 13.3 Å². The van der Waals surface area contributed by atoms with Crippen molar-refractivity contribution >= 4 is 35.5 Å². The average molecular weight is 394 g/mol. The minimum absolute atomic E-state index is 0.220. The maximum Gasteiger partial charge on any atom is 0.322 e. The molecular weight excluding hydrogens is 368 g/mol. The Morgan fingerprint density at radius 2 is 1.65 bits per heavy atom. The van der Waals surface area contributed by atoms with Gasteiger partial charge in [0.2, 0.25) is 17.7 Å². The molecule has 0 radical (unpaired) electrons. The fraction of sp³-hybridized carbons (Fsp3) is 0.714. The van der Waals surface area contributed by atoms with Gasteiger partial charge in [-0.15, -0.1) is 0 Å². The van der Waals surface area contributed by atoms with Gasteiger partial charge in [-0.25, -0.2) is 0 Å². The number of hydrogen-bond donors (Lipinski definition) is 7. The second kappa shape index (κ2) is 12.5. The van der Waals surface area contributed by atoms with Crippen molar-refractivity contribution in [2.45, 2.75) is 37.6 Å². The molecule has 0 spiro atoms. The van der Waals surface area contributed by atoms with Gasteiger partial charge in [0.05, 0.1) is 12.7 Å². The van der Waals surface area contributed by atoms with Gasteiger partial charge in [0, 0.05) is 0 Å². The molecule has 11 nitrogen and oxygen atoms in total. The van der Waals surface area contributed by atoms with E-state index in [1.165, 1.54) is 18.7 Å². The SMILES string of the molecule is CSCCC(NC(=O)C(CO)NC(=O)C(N)C(C)O)C(=O)NCC(=O)O. The highest BCUT2D eigenvalue weighted by atomic mass is 32.2. The molecular formula is C14H26N4O7S. The van der Waals surface area contributed by atoms with Gasteiger partial charge >= 0.3 is 5.97 Å². The summed E-state index contributed by atoms with van der Waals surface area (Å²) in [7, 11) is 0. The van der Waals surface area contributed by atoms with E-state index in [1.807, 2.05) is 0 Å². The summed E-state index contributed by atoms with van der Waals surface area (Å²) in [6.07, 6.45) is 0.855. The van der Waals surface area contributed by atoms with Gasteiger partial charge < -0.3 is 37.0 Å². The van der Waals surface area contributed by atoms with Crippen molar-refractivity contribution in [3.63, 3.8) is 0 Å². The van der Waals surface area contributed by atoms with Crippen LogP contribution >= 0.6 is 11.8 Å². The Hall–Kier alpha value is -1.89. The maximum atomic E-state index is 12.2. The molecule has 8 N–H and O–H groups in total. The molecule has 0 aliphatic rings. The molecule has 12 heteroatoms. The van der Waals surface area contributed by atoms with Gasteiger partial charge in [-0.05, 0) is 25.4 Å². The minimum atomic E-state index is -1.38. The third-order valence-electron chi connectivity index (χ3n) is 3.30. The molecule has 4 unspecified atom stereocenters. The number of aliphatic hydroxyl groups is 2. The van der Waals surface area contributed by atoms with Crippen molar-refractivity contribution in [1.29, 1.82) is 0 Å². The molecule has 0 aromatic heterocycles. The first-order chi connectivity index (χ1) is 12.1. The van der Waals surface area contributed by atoms with E-state index in [4.69, 9.17) is 10.8 Å². The smallest absolute Gasteiger partial charge is 0.322 e. The molecule has 0 saturated heterocycles. The third-order valence-corrected chi connectivity index (χ3v) is 3.94. The lowest BCUT2D eigenvalue weighted by molar-refractivity contribution is -0.138. The fourth-order valence-corrected chi connectivity index (χ4v) is 2.22. The number of rotatable bonds is 12. The summed E-state index contributed by atoms with van der Waals surface area (Å²) < 4.78 is 0. The quantitative estimate of drug-likeness (QED) is 0.177. The van der Waals surface area contributed by atoms with E-state index in [1.54, 1.807) is 6.26 Å². The van der Waals surface area contributed by atoms with Crippen LogP contribution in [0.2, 0.25) is 0 Å². The van der Waals surface area contributed by atoms with E-state index in [9.17, 15) is 29.4 Å². The van der Waals surface area contributed by atoms with Crippen molar-refractivity contribution in [2.75, 3.05) is 25.2 Å². The largest absolute Gasteiger partial charge is 0.480 e. The van der Waals surface area contributed by atoms with Crippen LogP contribution in [0.5, 0.6) is 0 Å². The van der Waals surface area contributed by atoms with Crippen LogP contribution in [0.25, 0.3) is 0 Å². The number of nitrogens with one attached hydrogen (secondary N) is 3. The monoisotopic (exact) mass is 394 g/mol. The molecule has 0 fully saturated rings. The van der Waals surface area contributed by atoms with E-state index in [0.717, 1.165) is 0 Å². The van der Waals surface area contributed by atoms with Crippen LogP contribution in [-0.2, 0) is 19.2 Å². The molecule has 0 aliphatic heterocycles. The Kier molecular flexibility index (Phi) is 11.6. The number of carboxylic acids is 1. The topological polar surface area (TPSA) is 191 Å². The van der Waals surface area contributed by atoms with Crippen LogP contribution in [-0.4, -0.2) is 88.4 Å². The molecule has 0 saturated carbocycles. The standard InChI is InChI=1S/C14H26N4O7S/c1-7(20)11(15)14(25)18-9(6-19)13(24)17-8(3-4-26-2)12(23)16-5-10(21)22/h7-9,11,19-20H,3-6,15H2,1-2H3,(H,16,23)(H,17,24)(H,18,25)(H,21,22). The van der Waals surface area contributed by atoms with Gasteiger partial charge in [-0.2, -0.15) is 11.8 Å². The number of carboxylic acid groups (broad SMARTS) is 1. The van der Waals surface area contributed by atoms with E-state index < -0.39 is 61.1 Å². The van der Waals surface area contributed by atoms with Crippen LogP contribution in [0.15, 0.2) is 0 Å². The third kappa shape index (κ3) is 8.99. The lowest BCUT2D eigenvalue weighted by atomic mass is 10.1. The average Bonchev–Trinajstić information content (AvgIpc) is 2.59. The number of hydrogen-bond acceptors (Lipinski definition) is 8. The normalized spacial score (nSPS) is 15.3. The van der Waals surface area contributed by atoms with Crippen molar-refractivity contribution in [3.8, 4) is 0 Å². The van der Waals surface area contributed by atoms with E-state index in [0.29, 0.717) is 5.75 Å². The summed E-state index contributed by atoms with van der Waals surface area (Å²) in [6.45, 7) is -0.0620. The highest BCUT2D eigenvalue weighted by Crippen LogP contribution is 2.02. The molecule has 0 aromatic carbocycles. The zero-order chi connectivity index (χ0) is 20.3. The Morgan fingerprint density at radius 3 is 2.12 bits per heavy atom. The first-order valence-corrected chi connectivity index (χ1v) is 9.17. The van der Waals surface area contributed by atoms with E-state index in [2.05, 4.69) is 16.0 Å². The molecule has 4 atom stereocenters. The van der Waals surface area contributed by atoms with Gasteiger partial charge in [0.1, 0.15) is 24.7 Å². The zero-order valence-electron chi connectivity index (χ0n) is 14.6. The number of thioether (sulfide) groups is 1. The molecule has 0 rings (SSSR count). The summed E-state index contributed by atoms with van der Waals surface area (Å²) in [6, 6.07) is -3.70. The van der Waals surface area contributed by atoms with E-state index in [-0.39, 0.29) is 6.42 Å². The van der Waals surface area contributed by atoms with Gasteiger partial charge in [0.25, 0.3) is 0 Å². The Balaban J connectivity index is 4.92. The number of aliphatic carboxylic acids is 1. The summed E-state index contributed by atoms with van der Waals surface area (Å²) in [5, 5.41) is 33.9. The Bertz CT molecular complexity index is 504. The molecule has 150 valence electrons. The maximum absolute atomic E-state index is 12.2. The fourth-order valence-electron chi connectivity index (χ4n) is 1.74. The van der Waals surface area contributed by atoms with Crippen molar-refractivity contribution in [1.82, 2.24) is 16.0 Å². The molecule has 0 aromatic rings. The molecule has 3 amide bonds. The lowest BCUT2D eigenvalue weighted by Crippen LogP contribution is -2.58. The molecule has 0 bridgehead atoms. The second-order valence-corrected chi connectivity index (χ2v) is 6.45. The molecule has 0 heterocycles. The number of aliphatic hydroxyl groups excluding tert-OH is 2. The van der Waals surface area contributed by atoms with Crippen LogP contribution in [0, 0.1) is 0 Å².